The molecule has 0 radical (unpaired) electrons. The summed E-state index contributed by atoms with van der Waals surface area (Å²) >= 11 is 0.966. The summed E-state index contributed by atoms with van der Waals surface area (Å²) in [6, 6.07) is 1.31. The number of hydrogen-bond acceptors (Lipinski definition) is 9. The van der Waals surface area contributed by atoms with Gasteiger partial charge < -0.3 is 20.3 Å². The van der Waals surface area contributed by atoms with Crippen LogP contribution in [-0.4, -0.2) is 83.4 Å². The van der Waals surface area contributed by atoms with Gasteiger partial charge in [-0.25, -0.2) is 4.98 Å². The van der Waals surface area contributed by atoms with Crippen molar-refractivity contribution >= 4 is 40.2 Å². The maximum absolute atomic E-state index is 13.0. The first kappa shape index (κ1) is 29.7. The van der Waals surface area contributed by atoms with E-state index in [4.69, 9.17) is 4.74 Å². The van der Waals surface area contributed by atoms with E-state index in [1.54, 1.807) is 19.1 Å². The molecule has 0 aliphatic carbocycles. The lowest BCUT2D eigenvalue weighted by molar-refractivity contribution is -0.144. The van der Waals surface area contributed by atoms with Gasteiger partial charge >= 0.3 is 12.4 Å². The van der Waals surface area contributed by atoms with E-state index in [1.165, 1.54) is 6.20 Å². The molecule has 9 nitrogen and oxygen atoms in total. The van der Waals surface area contributed by atoms with Crippen molar-refractivity contribution in [2.75, 3.05) is 43.4 Å². The molecule has 2 aliphatic heterocycles. The number of pyridine rings is 1. The summed E-state index contributed by atoms with van der Waals surface area (Å²) in [4.78, 5) is 26.3. The summed E-state index contributed by atoms with van der Waals surface area (Å²) in [5.74, 6) is 0.151. The van der Waals surface area contributed by atoms with E-state index in [2.05, 4.69) is 30.0 Å². The van der Waals surface area contributed by atoms with Gasteiger partial charge in [0, 0.05) is 12.6 Å². The fraction of sp³-hybridized carbons (Fsp3) is 0.542. The Hall–Kier alpha value is -3.27. The van der Waals surface area contributed by atoms with Crippen molar-refractivity contribution in [1.82, 2.24) is 14.3 Å². The lowest BCUT2D eigenvalue weighted by atomic mass is 9.98. The standard InChI is InChI=1S/C24H27F6N7O2S/c1-14-20(22(40-36-14)35-18-12-31-17(11-32-18)24(28,29)30)21(38)34-16-2-3-19(33-10-16)39-13-15-4-7-37(8-5-15)9-6-23(25,26)27/h2-3,10,12,15,17H,4-9,11,13H2,1H3,(H,32,35)(H,34,38). The molecule has 218 valence electrons. The molecule has 1 atom stereocenters. The van der Waals surface area contributed by atoms with Crippen molar-refractivity contribution in [1.29, 1.82) is 0 Å². The highest BCUT2D eigenvalue weighted by Gasteiger charge is 2.40. The molecule has 1 fully saturated rings. The molecule has 1 unspecified atom stereocenters. The van der Waals surface area contributed by atoms with Gasteiger partial charge in [-0.3, -0.25) is 14.8 Å². The first-order valence-electron chi connectivity index (χ1n) is 12.4. The summed E-state index contributed by atoms with van der Waals surface area (Å²) in [7, 11) is 0. The summed E-state index contributed by atoms with van der Waals surface area (Å²) in [5, 5.41) is 5.84. The molecule has 0 spiro atoms. The largest absolute Gasteiger partial charge is 0.477 e. The van der Waals surface area contributed by atoms with Crippen molar-refractivity contribution in [3.05, 3.63) is 29.6 Å². The molecule has 0 saturated carbocycles. The zero-order valence-electron chi connectivity index (χ0n) is 21.3. The number of aliphatic imine (C=N–C) groups is 2. The summed E-state index contributed by atoms with van der Waals surface area (Å²) in [6.45, 7) is 2.65. The van der Waals surface area contributed by atoms with Gasteiger partial charge in [0.05, 0.1) is 48.9 Å². The van der Waals surface area contributed by atoms with Crippen LogP contribution in [-0.2, 0) is 0 Å². The predicted molar refractivity (Wildman–Crippen MR) is 139 cm³/mol. The Bertz CT molecular complexity index is 1220. The Morgan fingerprint density at radius 2 is 1.93 bits per heavy atom. The van der Waals surface area contributed by atoms with Crippen LogP contribution in [0.25, 0.3) is 0 Å². The van der Waals surface area contributed by atoms with Crippen LogP contribution in [0.1, 0.15) is 35.3 Å². The molecule has 2 aliphatic rings. The van der Waals surface area contributed by atoms with Crippen LogP contribution < -0.4 is 15.4 Å². The van der Waals surface area contributed by atoms with E-state index < -0.39 is 37.3 Å². The molecule has 4 rings (SSSR count). The van der Waals surface area contributed by atoms with Crippen molar-refractivity contribution < 1.29 is 35.9 Å². The van der Waals surface area contributed by atoms with Gasteiger partial charge in [0.2, 0.25) is 5.88 Å². The number of amidine groups is 1. The minimum atomic E-state index is -4.48. The van der Waals surface area contributed by atoms with Gasteiger partial charge in [0.1, 0.15) is 10.8 Å². The number of piperidine rings is 1. The second-order valence-electron chi connectivity index (χ2n) is 9.46. The quantitative estimate of drug-likeness (QED) is 0.421. The third-order valence-electron chi connectivity index (χ3n) is 6.40. The zero-order chi connectivity index (χ0) is 28.9. The van der Waals surface area contributed by atoms with Crippen LogP contribution in [0.2, 0.25) is 0 Å². The minimum absolute atomic E-state index is 0.00965. The monoisotopic (exact) mass is 591 g/mol. The van der Waals surface area contributed by atoms with Crippen molar-refractivity contribution in [2.24, 2.45) is 15.9 Å². The SMILES string of the molecule is Cc1nsc(NC2=NCC(C(F)(F)F)N=C2)c1C(=O)Nc1ccc(OCC2CCN(CCC(F)(F)F)CC2)nc1. The summed E-state index contributed by atoms with van der Waals surface area (Å²) in [6.07, 6.45) is -5.57. The number of alkyl halides is 6. The van der Waals surface area contributed by atoms with Crippen molar-refractivity contribution in [2.45, 2.75) is 44.6 Å². The van der Waals surface area contributed by atoms with E-state index in [0.29, 0.717) is 42.0 Å². The number of hydrogen-bond donors (Lipinski definition) is 2. The molecule has 1 saturated heterocycles. The maximum atomic E-state index is 13.0. The van der Waals surface area contributed by atoms with Gasteiger partial charge in [-0.15, -0.1) is 0 Å². The highest BCUT2D eigenvalue weighted by atomic mass is 32.1. The zero-order valence-corrected chi connectivity index (χ0v) is 22.2. The van der Waals surface area contributed by atoms with E-state index >= 15 is 0 Å². The molecule has 1 amide bonds. The van der Waals surface area contributed by atoms with Gasteiger partial charge in [0.25, 0.3) is 5.91 Å². The van der Waals surface area contributed by atoms with Gasteiger partial charge in [0.15, 0.2) is 6.04 Å². The van der Waals surface area contributed by atoms with Crippen LogP contribution in [0.15, 0.2) is 28.3 Å². The Kier molecular flexibility index (Phi) is 9.28. The summed E-state index contributed by atoms with van der Waals surface area (Å²) < 4.78 is 85.5. The predicted octanol–water partition coefficient (Wildman–Crippen LogP) is 4.97. The molecule has 0 aromatic carbocycles. The molecular formula is C24H27F6N7O2S. The second-order valence-corrected chi connectivity index (χ2v) is 10.2. The highest BCUT2D eigenvalue weighted by molar-refractivity contribution is 7.11. The second kappa shape index (κ2) is 12.5. The Labute approximate surface area is 229 Å². The number of halogens is 6. The Morgan fingerprint density at radius 1 is 1.18 bits per heavy atom. The topological polar surface area (TPSA) is 104 Å². The number of anilines is 2. The highest BCUT2D eigenvalue weighted by Crippen LogP contribution is 2.28. The van der Waals surface area contributed by atoms with Crippen molar-refractivity contribution in [3.63, 3.8) is 0 Å². The Balaban J connectivity index is 1.25. The molecule has 2 N–H and O–H groups in total. The average molecular weight is 592 g/mol. The van der Waals surface area contributed by atoms with Gasteiger partial charge in [-0.1, -0.05) is 0 Å². The number of nitrogens with one attached hydrogen (secondary N) is 2. The van der Waals surface area contributed by atoms with E-state index in [1.807, 2.05) is 4.90 Å². The molecule has 0 bridgehead atoms. The third-order valence-corrected chi connectivity index (χ3v) is 7.25. The van der Waals surface area contributed by atoms with Crippen molar-refractivity contribution in [3.8, 4) is 5.88 Å². The van der Waals surface area contributed by atoms with Gasteiger partial charge in [-0.2, -0.15) is 30.7 Å². The number of ether oxygens (including phenoxy) is 1. The summed E-state index contributed by atoms with van der Waals surface area (Å²) in [5.41, 5.74) is 1.02. The molecule has 2 aromatic rings. The number of aromatic nitrogens is 2. The van der Waals surface area contributed by atoms with Gasteiger partial charge in [-0.05, 0) is 56.4 Å². The first-order chi connectivity index (χ1) is 18.9. The fourth-order valence-corrected chi connectivity index (χ4v) is 4.93. The van der Waals surface area contributed by atoms with Crippen LogP contribution in [0.5, 0.6) is 5.88 Å². The van der Waals surface area contributed by atoms with Crippen LogP contribution in [0, 0.1) is 12.8 Å². The van der Waals surface area contributed by atoms with E-state index in [-0.39, 0.29) is 23.9 Å². The maximum Gasteiger partial charge on any atom is 0.412 e. The lowest BCUT2D eigenvalue weighted by Gasteiger charge is -2.31. The lowest BCUT2D eigenvalue weighted by Crippen LogP contribution is -2.37. The van der Waals surface area contributed by atoms with E-state index in [0.717, 1.165) is 30.6 Å². The smallest absolute Gasteiger partial charge is 0.412 e. The van der Waals surface area contributed by atoms with Crippen LogP contribution in [0.4, 0.5) is 37.0 Å². The number of amides is 1. The Morgan fingerprint density at radius 3 is 2.52 bits per heavy atom. The number of carbonyl (C=O) groups is 1. The average Bonchev–Trinajstić information content (AvgIpc) is 3.26. The number of aryl methyl sites for hydroxylation is 1. The van der Waals surface area contributed by atoms with Crippen LogP contribution >= 0.6 is 11.5 Å². The molecular weight excluding hydrogens is 564 g/mol. The normalized spacial score (nSPS) is 18.9. The number of carbonyl (C=O) groups excluding carboxylic acids is 1. The molecule has 4 heterocycles. The van der Waals surface area contributed by atoms with Crippen LogP contribution in [0.3, 0.4) is 0 Å². The fourth-order valence-electron chi connectivity index (χ4n) is 4.13. The molecule has 2 aromatic heterocycles. The number of likely N-dealkylation sites (tertiary alicyclic amines) is 1. The van der Waals surface area contributed by atoms with E-state index in [9.17, 15) is 31.1 Å². The molecule has 40 heavy (non-hydrogen) atoms. The first-order valence-corrected chi connectivity index (χ1v) is 13.2. The minimum Gasteiger partial charge on any atom is -0.477 e. The number of rotatable bonds is 8. The molecule has 16 heteroatoms. The number of nitrogens with zero attached hydrogens (tertiary/aromatic N) is 5. The third kappa shape index (κ3) is 8.36.